The zero-order valence-electron chi connectivity index (χ0n) is 18.9. The zero-order chi connectivity index (χ0) is 23.1. The third-order valence-electron chi connectivity index (χ3n) is 5.85. The van der Waals surface area contributed by atoms with E-state index in [4.69, 9.17) is 0 Å². The molecule has 0 atom stereocenters. The summed E-state index contributed by atoms with van der Waals surface area (Å²) in [5, 5.41) is 13.3. The minimum absolute atomic E-state index is 0.326. The number of hydrogen-bond donors (Lipinski definition) is 3. The summed E-state index contributed by atoms with van der Waals surface area (Å²) >= 11 is 0. The first kappa shape index (κ1) is 20.1. The summed E-state index contributed by atoms with van der Waals surface area (Å²) in [5.74, 6) is 0. The Balaban J connectivity index is 1.45. The number of nitrogens with one attached hydrogen (secondary N) is 3. The Morgan fingerprint density at radius 3 is 2.56 bits per heavy atom. The Morgan fingerprint density at radius 1 is 0.824 bits per heavy atom. The molecule has 0 radical (unpaired) electrons. The molecule has 0 spiro atoms. The number of nitrogens with zero attached hydrogens (tertiary/aromatic N) is 4. The van der Waals surface area contributed by atoms with Gasteiger partial charge in [-0.2, -0.15) is 5.10 Å². The molecule has 0 aliphatic heterocycles. The molecule has 5 heterocycles. The molecule has 7 heteroatoms. The van der Waals surface area contributed by atoms with Crippen molar-refractivity contribution in [3.63, 3.8) is 0 Å². The van der Waals surface area contributed by atoms with Crippen LogP contribution in [0.25, 0.3) is 55.6 Å². The van der Waals surface area contributed by atoms with Crippen LogP contribution in [-0.4, -0.2) is 36.2 Å². The van der Waals surface area contributed by atoms with Gasteiger partial charge in [0.15, 0.2) is 0 Å². The van der Waals surface area contributed by atoms with Gasteiger partial charge in [0.2, 0.25) is 0 Å². The smallest absolute Gasteiger partial charge is 0.116 e. The van der Waals surface area contributed by atoms with E-state index in [1.54, 1.807) is 0 Å². The third-order valence-corrected chi connectivity index (χ3v) is 5.85. The van der Waals surface area contributed by atoms with Crippen molar-refractivity contribution in [1.29, 1.82) is 0 Å². The second-order valence-electron chi connectivity index (χ2n) is 8.63. The Morgan fingerprint density at radius 2 is 1.71 bits per heavy atom. The number of rotatable bonds is 5. The van der Waals surface area contributed by atoms with Crippen molar-refractivity contribution < 1.29 is 0 Å². The van der Waals surface area contributed by atoms with Gasteiger partial charge in [-0.05, 0) is 61.4 Å². The van der Waals surface area contributed by atoms with Gasteiger partial charge in [0.05, 0.1) is 28.8 Å². The highest BCUT2D eigenvalue weighted by Crippen LogP contribution is 2.34. The number of aromatic nitrogens is 6. The molecule has 0 aliphatic carbocycles. The minimum atomic E-state index is 0.326. The van der Waals surface area contributed by atoms with Crippen LogP contribution in [0.3, 0.4) is 0 Å². The summed E-state index contributed by atoms with van der Waals surface area (Å²) in [6.07, 6.45) is 9.13. The van der Waals surface area contributed by atoms with E-state index in [0.29, 0.717) is 6.04 Å². The maximum atomic E-state index is 4.65. The first-order valence-corrected chi connectivity index (χ1v) is 11.2. The lowest BCUT2D eigenvalue weighted by Crippen LogP contribution is -2.09. The molecule has 166 valence electrons. The van der Waals surface area contributed by atoms with Gasteiger partial charge in [0.25, 0.3) is 0 Å². The first-order valence-electron chi connectivity index (χ1n) is 11.2. The Bertz CT molecular complexity index is 1610. The van der Waals surface area contributed by atoms with Gasteiger partial charge in [-0.25, -0.2) is 0 Å². The van der Waals surface area contributed by atoms with Crippen LogP contribution in [0.1, 0.15) is 13.8 Å². The molecular weight excluding hydrogens is 422 g/mol. The van der Waals surface area contributed by atoms with Gasteiger partial charge < -0.3 is 10.3 Å². The van der Waals surface area contributed by atoms with Crippen molar-refractivity contribution in [2.24, 2.45) is 0 Å². The van der Waals surface area contributed by atoms with Gasteiger partial charge >= 0.3 is 0 Å². The SMILES string of the molecule is CC(C)Nc1cncc(-c2cc3c(-c4cc5c(-c6ccncc6)cccc5[nH]4)n[nH]c3cn2)c1. The molecule has 7 nitrogen and oxygen atoms in total. The summed E-state index contributed by atoms with van der Waals surface area (Å²) in [7, 11) is 0. The standard InChI is InChI=1S/C27H23N7/c1-16(2)31-19-10-18(13-29-14-19)24-12-22-26(15-30-24)33-34-27(22)25-11-21-20(4-3-5-23(21)32-25)17-6-8-28-9-7-17/h3-16,31-32H,1-2H3,(H,33,34). The van der Waals surface area contributed by atoms with E-state index in [9.17, 15) is 0 Å². The number of pyridine rings is 3. The summed E-state index contributed by atoms with van der Waals surface area (Å²) in [6.45, 7) is 4.21. The number of hydrogen-bond acceptors (Lipinski definition) is 5. The first-order chi connectivity index (χ1) is 16.7. The van der Waals surface area contributed by atoms with Crippen LogP contribution >= 0.6 is 0 Å². The fourth-order valence-corrected chi connectivity index (χ4v) is 4.34. The highest BCUT2D eigenvalue weighted by atomic mass is 15.1. The number of fused-ring (bicyclic) bond motifs is 2. The molecule has 3 N–H and O–H groups in total. The quantitative estimate of drug-likeness (QED) is 0.300. The van der Waals surface area contributed by atoms with Crippen molar-refractivity contribution in [1.82, 2.24) is 30.1 Å². The largest absolute Gasteiger partial charge is 0.382 e. The number of benzene rings is 1. The van der Waals surface area contributed by atoms with E-state index in [1.807, 2.05) is 43.1 Å². The van der Waals surface area contributed by atoms with E-state index in [2.05, 4.69) is 85.7 Å². The molecule has 0 amide bonds. The average Bonchev–Trinajstić information content (AvgIpc) is 3.48. The zero-order valence-corrected chi connectivity index (χ0v) is 18.9. The van der Waals surface area contributed by atoms with Crippen molar-refractivity contribution >= 4 is 27.5 Å². The molecule has 0 bridgehead atoms. The van der Waals surface area contributed by atoms with Gasteiger partial charge in [-0.1, -0.05) is 12.1 Å². The lowest BCUT2D eigenvalue weighted by Gasteiger charge is -2.10. The maximum Gasteiger partial charge on any atom is 0.116 e. The fourth-order valence-electron chi connectivity index (χ4n) is 4.34. The van der Waals surface area contributed by atoms with Crippen molar-refractivity contribution in [2.45, 2.75) is 19.9 Å². The predicted molar refractivity (Wildman–Crippen MR) is 136 cm³/mol. The minimum Gasteiger partial charge on any atom is -0.382 e. The summed E-state index contributed by atoms with van der Waals surface area (Å²) < 4.78 is 0. The molecule has 0 unspecified atom stereocenters. The lowest BCUT2D eigenvalue weighted by atomic mass is 10.0. The molecule has 0 fully saturated rings. The van der Waals surface area contributed by atoms with Gasteiger partial charge in [-0.15, -0.1) is 0 Å². The average molecular weight is 446 g/mol. The number of aromatic amines is 2. The van der Waals surface area contributed by atoms with E-state index < -0.39 is 0 Å². The molecule has 0 saturated heterocycles. The molecular formula is C27H23N7. The predicted octanol–water partition coefficient (Wildman–Crippen LogP) is 6.05. The molecule has 0 aliphatic rings. The molecule has 6 rings (SSSR count). The highest BCUT2D eigenvalue weighted by molar-refractivity contribution is 6.01. The fraction of sp³-hybridized carbons (Fsp3) is 0.111. The van der Waals surface area contributed by atoms with Crippen LogP contribution in [0.5, 0.6) is 0 Å². The highest BCUT2D eigenvalue weighted by Gasteiger charge is 2.15. The summed E-state index contributed by atoms with van der Waals surface area (Å²) in [5.41, 5.74) is 8.83. The molecule has 34 heavy (non-hydrogen) atoms. The van der Waals surface area contributed by atoms with Crippen molar-refractivity contribution in [2.75, 3.05) is 5.32 Å². The second kappa shape index (κ2) is 8.12. The van der Waals surface area contributed by atoms with E-state index in [0.717, 1.165) is 61.3 Å². The molecule has 5 aromatic heterocycles. The number of H-pyrrole nitrogens is 2. The number of anilines is 1. The maximum absolute atomic E-state index is 4.65. The molecule has 6 aromatic rings. The summed E-state index contributed by atoms with van der Waals surface area (Å²) in [4.78, 5) is 16.7. The van der Waals surface area contributed by atoms with Crippen LogP contribution in [0.15, 0.2) is 79.5 Å². The normalized spacial score (nSPS) is 11.5. The Hall–Kier alpha value is -4.52. The topological polar surface area (TPSA) is 95.2 Å². The second-order valence-corrected chi connectivity index (χ2v) is 8.63. The van der Waals surface area contributed by atoms with Crippen LogP contribution in [-0.2, 0) is 0 Å². The van der Waals surface area contributed by atoms with Crippen molar-refractivity contribution in [3.8, 4) is 33.8 Å². The Kier molecular flexibility index (Phi) is 4.80. The monoisotopic (exact) mass is 445 g/mol. The van der Waals surface area contributed by atoms with Crippen molar-refractivity contribution in [3.05, 3.63) is 79.5 Å². The molecule has 0 saturated carbocycles. The summed E-state index contributed by atoms with van der Waals surface area (Å²) in [6, 6.07) is 17.0. The van der Waals surface area contributed by atoms with Gasteiger partial charge in [-0.3, -0.25) is 20.1 Å². The third kappa shape index (κ3) is 3.57. The van der Waals surface area contributed by atoms with Crippen LogP contribution in [0.4, 0.5) is 5.69 Å². The Labute approximate surface area is 196 Å². The van der Waals surface area contributed by atoms with E-state index >= 15 is 0 Å². The van der Waals surface area contributed by atoms with E-state index in [1.165, 1.54) is 0 Å². The lowest BCUT2D eigenvalue weighted by molar-refractivity contribution is 0.898. The van der Waals surface area contributed by atoms with Crippen LogP contribution in [0, 0.1) is 0 Å². The van der Waals surface area contributed by atoms with Crippen LogP contribution in [0.2, 0.25) is 0 Å². The molecule has 1 aromatic carbocycles. The van der Waals surface area contributed by atoms with Gasteiger partial charge in [0, 0.05) is 52.7 Å². The van der Waals surface area contributed by atoms with E-state index in [-0.39, 0.29) is 0 Å². The van der Waals surface area contributed by atoms with Crippen LogP contribution < -0.4 is 5.32 Å². The van der Waals surface area contributed by atoms with Gasteiger partial charge in [0.1, 0.15) is 5.69 Å².